The smallest absolute Gasteiger partial charge is 0.406 e. The lowest BCUT2D eigenvalue weighted by Gasteiger charge is -2.22. The fraction of sp³-hybridized carbons (Fsp3) is 0.320. The Labute approximate surface area is 239 Å². The number of hydrogen-bond donors (Lipinski definition) is 2. The quantitative estimate of drug-likeness (QED) is 0.182. The molecule has 2 N–H and O–H groups in total. The number of benzene rings is 1. The standard InChI is InChI=1S/C25H23F6N9O3/c26-24(27,28)21-11-17(6-7-32-21)14-39(23(42)19-13-34-37-35-19)8-1-2-9-40-15-20(36-38-40)22(41)33-12-16-4-3-5-18(10-16)43-25(29,30)31/h3-7,10-11,13,15H,1-2,8-9,12,14H2,(H,33,41)(H,34,35,37). The van der Waals surface area contributed by atoms with E-state index in [9.17, 15) is 35.9 Å². The number of halogens is 6. The largest absolute Gasteiger partial charge is 0.573 e. The number of amides is 2. The van der Waals surface area contributed by atoms with Crippen LogP contribution in [-0.2, 0) is 25.8 Å². The number of pyridine rings is 1. The minimum atomic E-state index is -4.84. The maximum atomic E-state index is 13.1. The van der Waals surface area contributed by atoms with Gasteiger partial charge >= 0.3 is 12.5 Å². The van der Waals surface area contributed by atoms with Crippen molar-refractivity contribution in [3.05, 3.63) is 83.2 Å². The highest BCUT2D eigenvalue weighted by Gasteiger charge is 2.33. The van der Waals surface area contributed by atoms with Crippen molar-refractivity contribution in [2.45, 2.75) is 45.0 Å². The van der Waals surface area contributed by atoms with Gasteiger partial charge in [-0.05, 0) is 48.2 Å². The number of aromatic nitrogens is 7. The van der Waals surface area contributed by atoms with Gasteiger partial charge in [-0.3, -0.25) is 24.4 Å². The van der Waals surface area contributed by atoms with Gasteiger partial charge in [0.25, 0.3) is 11.8 Å². The van der Waals surface area contributed by atoms with Crippen LogP contribution < -0.4 is 10.1 Å². The van der Waals surface area contributed by atoms with Crippen LogP contribution in [0.15, 0.2) is 55.0 Å². The van der Waals surface area contributed by atoms with Gasteiger partial charge in [0.2, 0.25) is 0 Å². The lowest BCUT2D eigenvalue weighted by Crippen LogP contribution is -2.32. The molecule has 4 aromatic rings. The molecule has 228 valence electrons. The van der Waals surface area contributed by atoms with E-state index >= 15 is 0 Å². The molecule has 0 radical (unpaired) electrons. The van der Waals surface area contributed by atoms with Crippen LogP contribution in [0.5, 0.6) is 5.75 Å². The first-order chi connectivity index (χ1) is 20.4. The summed E-state index contributed by atoms with van der Waals surface area (Å²) < 4.78 is 81.8. The van der Waals surface area contributed by atoms with E-state index in [2.05, 4.69) is 40.8 Å². The van der Waals surface area contributed by atoms with Crippen molar-refractivity contribution in [1.82, 2.24) is 45.6 Å². The Kier molecular flexibility index (Phi) is 9.56. The molecule has 0 saturated carbocycles. The Balaban J connectivity index is 1.29. The van der Waals surface area contributed by atoms with Crippen molar-refractivity contribution in [2.24, 2.45) is 0 Å². The summed E-state index contributed by atoms with van der Waals surface area (Å²) in [5, 5.41) is 19.8. The van der Waals surface area contributed by atoms with Crippen molar-refractivity contribution >= 4 is 11.8 Å². The lowest BCUT2D eigenvalue weighted by molar-refractivity contribution is -0.274. The minimum Gasteiger partial charge on any atom is -0.406 e. The number of carbonyl (C=O) groups is 2. The number of rotatable bonds is 12. The number of ether oxygens (including phenoxy) is 1. The molecule has 12 nitrogen and oxygen atoms in total. The maximum absolute atomic E-state index is 13.1. The second-order valence-corrected chi connectivity index (χ2v) is 9.08. The van der Waals surface area contributed by atoms with E-state index in [1.165, 1.54) is 40.2 Å². The number of carbonyl (C=O) groups excluding carboxylic acids is 2. The third-order valence-corrected chi connectivity index (χ3v) is 5.83. The molecular weight excluding hydrogens is 588 g/mol. The molecule has 4 rings (SSSR count). The monoisotopic (exact) mass is 611 g/mol. The Morgan fingerprint density at radius 1 is 1.00 bits per heavy atom. The molecule has 0 fully saturated rings. The summed E-state index contributed by atoms with van der Waals surface area (Å²) in [6.07, 6.45) is -4.92. The van der Waals surface area contributed by atoms with Gasteiger partial charge in [-0.1, -0.05) is 22.6 Å². The van der Waals surface area contributed by atoms with Crippen LogP contribution in [0.4, 0.5) is 26.3 Å². The zero-order valence-electron chi connectivity index (χ0n) is 22.1. The molecule has 3 aromatic heterocycles. The van der Waals surface area contributed by atoms with Crippen LogP contribution >= 0.6 is 0 Å². The number of aromatic amines is 1. The highest BCUT2D eigenvalue weighted by molar-refractivity contribution is 5.92. The van der Waals surface area contributed by atoms with Crippen LogP contribution in [-0.4, -0.2) is 65.0 Å². The van der Waals surface area contributed by atoms with Gasteiger partial charge in [0, 0.05) is 32.4 Å². The summed E-state index contributed by atoms with van der Waals surface area (Å²) in [5.74, 6) is -1.55. The maximum Gasteiger partial charge on any atom is 0.573 e. The van der Waals surface area contributed by atoms with Gasteiger partial charge in [0.15, 0.2) is 11.4 Å². The molecule has 0 aliphatic carbocycles. The van der Waals surface area contributed by atoms with Crippen molar-refractivity contribution in [1.29, 1.82) is 0 Å². The van der Waals surface area contributed by atoms with Crippen LogP contribution in [0, 0.1) is 0 Å². The van der Waals surface area contributed by atoms with Gasteiger partial charge in [0.05, 0.1) is 12.4 Å². The second kappa shape index (κ2) is 13.3. The molecule has 2 amide bonds. The first kappa shape index (κ1) is 30.9. The number of nitrogens with one attached hydrogen (secondary N) is 2. The lowest BCUT2D eigenvalue weighted by atomic mass is 10.2. The summed E-state index contributed by atoms with van der Waals surface area (Å²) in [6, 6.07) is 7.41. The molecular formula is C25H23F6N9O3. The Morgan fingerprint density at radius 2 is 1.81 bits per heavy atom. The topological polar surface area (TPSA) is 144 Å². The summed E-state index contributed by atoms with van der Waals surface area (Å²) in [4.78, 5) is 30.0. The number of nitrogens with zero attached hydrogens (tertiary/aromatic N) is 7. The number of hydrogen-bond acceptors (Lipinski definition) is 8. The van der Waals surface area contributed by atoms with Gasteiger partial charge in [0.1, 0.15) is 11.4 Å². The number of alkyl halides is 6. The summed E-state index contributed by atoms with van der Waals surface area (Å²) in [5.41, 5.74) is -0.506. The SMILES string of the molecule is O=C(NCc1cccc(OC(F)(F)F)c1)c1cn(CCCCN(Cc2ccnc(C(F)(F)F)c2)C(=O)c2c[nH]nn2)nn1. The average Bonchev–Trinajstić information content (AvgIpc) is 3.65. The van der Waals surface area contributed by atoms with E-state index < -0.39 is 35.8 Å². The van der Waals surface area contributed by atoms with Crippen molar-refractivity contribution in [2.75, 3.05) is 6.54 Å². The molecule has 0 bridgehead atoms. The van der Waals surface area contributed by atoms with E-state index in [1.807, 2.05) is 0 Å². The van der Waals surface area contributed by atoms with Gasteiger partial charge in [-0.15, -0.1) is 23.4 Å². The van der Waals surface area contributed by atoms with E-state index in [0.717, 1.165) is 24.4 Å². The van der Waals surface area contributed by atoms with Crippen LogP contribution in [0.3, 0.4) is 0 Å². The van der Waals surface area contributed by atoms with Gasteiger partial charge in [-0.25, -0.2) is 0 Å². The number of aryl methyl sites for hydroxylation is 1. The van der Waals surface area contributed by atoms with Crippen LogP contribution in [0.25, 0.3) is 0 Å². The molecule has 0 spiro atoms. The van der Waals surface area contributed by atoms with E-state index in [-0.39, 0.29) is 36.6 Å². The molecule has 1 aromatic carbocycles. The van der Waals surface area contributed by atoms with Crippen molar-refractivity contribution in [3.63, 3.8) is 0 Å². The molecule has 0 aliphatic rings. The first-order valence-corrected chi connectivity index (χ1v) is 12.6. The van der Waals surface area contributed by atoms with Gasteiger partial charge in [-0.2, -0.15) is 13.2 Å². The Morgan fingerprint density at radius 3 is 2.53 bits per heavy atom. The first-order valence-electron chi connectivity index (χ1n) is 12.6. The normalized spacial score (nSPS) is 11.8. The average molecular weight is 612 g/mol. The summed E-state index contributed by atoms with van der Waals surface area (Å²) in [7, 11) is 0. The second-order valence-electron chi connectivity index (χ2n) is 9.08. The molecule has 0 aliphatic heterocycles. The Hall–Kier alpha value is -5.03. The summed E-state index contributed by atoms with van der Waals surface area (Å²) >= 11 is 0. The molecule has 18 heteroatoms. The van der Waals surface area contributed by atoms with E-state index in [4.69, 9.17) is 0 Å². The molecule has 3 heterocycles. The zero-order valence-corrected chi connectivity index (χ0v) is 22.1. The third-order valence-electron chi connectivity index (χ3n) is 5.83. The number of H-pyrrole nitrogens is 1. The molecule has 0 saturated heterocycles. The minimum absolute atomic E-state index is 0.00311. The van der Waals surface area contributed by atoms with Gasteiger partial charge < -0.3 is 15.0 Å². The van der Waals surface area contributed by atoms with Crippen LogP contribution in [0.1, 0.15) is 50.6 Å². The molecule has 0 atom stereocenters. The van der Waals surface area contributed by atoms with Crippen molar-refractivity contribution < 1.29 is 40.7 Å². The van der Waals surface area contributed by atoms with E-state index in [1.54, 1.807) is 0 Å². The fourth-order valence-corrected chi connectivity index (χ4v) is 3.88. The molecule has 43 heavy (non-hydrogen) atoms. The number of unbranched alkanes of at least 4 members (excludes halogenated alkanes) is 1. The predicted molar refractivity (Wildman–Crippen MR) is 134 cm³/mol. The van der Waals surface area contributed by atoms with E-state index in [0.29, 0.717) is 24.9 Å². The highest BCUT2D eigenvalue weighted by atomic mass is 19.4. The highest BCUT2D eigenvalue weighted by Crippen LogP contribution is 2.28. The summed E-state index contributed by atoms with van der Waals surface area (Å²) in [6.45, 7) is 0.249. The predicted octanol–water partition coefficient (Wildman–Crippen LogP) is 3.76. The van der Waals surface area contributed by atoms with Crippen LogP contribution in [0.2, 0.25) is 0 Å². The third kappa shape index (κ3) is 9.23. The fourth-order valence-electron chi connectivity index (χ4n) is 3.88. The molecule has 0 unspecified atom stereocenters. The van der Waals surface area contributed by atoms with Crippen molar-refractivity contribution in [3.8, 4) is 5.75 Å². The Bertz CT molecular complexity index is 1520. The zero-order chi connectivity index (χ0) is 31.0.